The summed E-state index contributed by atoms with van der Waals surface area (Å²) in [4.78, 5) is 41.0. The van der Waals surface area contributed by atoms with Crippen molar-refractivity contribution in [2.24, 2.45) is 0 Å². The van der Waals surface area contributed by atoms with Crippen LogP contribution in [0.3, 0.4) is 0 Å². The summed E-state index contributed by atoms with van der Waals surface area (Å²) in [5.74, 6) is -1.40. The number of benzene rings is 5. The number of fused-ring (bicyclic) bond motifs is 2. The Morgan fingerprint density at radius 2 is 0.908 bits per heavy atom. The largest absolute Gasteiger partial charge is 0.481 e. The number of carboxylic acids is 1. The normalized spacial score (nSPS) is 12.2. The predicted octanol–water partition coefficient (Wildman–Crippen LogP) is 7.28. The minimum Gasteiger partial charge on any atom is -0.481 e. The zero-order valence-electron chi connectivity index (χ0n) is 62.2. The quantitative estimate of drug-likeness (QED) is 0.0112. The van der Waals surface area contributed by atoms with Crippen LogP contribution in [0.15, 0.2) is 122 Å². The van der Waals surface area contributed by atoms with E-state index in [-0.39, 0.29) is 101 Å². The van der Waals surface area contributed by atoms with Gasteiger partial charge >= 0.3 is 16.1 Å². The highest BCUT2D eigenvalue weighted by Gasteiger charge is 2.28. The number of carboxylic acid groups (broad SMARTS) is 1. The summed E-state index contributed by atoms with van der Waals surface area (Å²) in [6.07, 6.45) is 8.55. The average Bonchev–Trinajstić information content (AvgIpc) is 0.737. The van der Waals surface area contributed by atoms with Gasteiger partial charge in [-0.25, -0.2) is 4.99 Å². The third-order valence-corrected chi connectivity index (χ3v) is 19.1. The van der Waals surface area contributed by atoms with Crippen molar-refractivity contribution in [2.75, 3.05) is 184 Å². The molecule has 0 saturated carbocycles. The molecule has 0 radical (unpaired) electrons. The molecule has 0 spiro atoms. The first-order valence-electron chi connectivity index (χ1n) is 36.9. The van der Waals surface area contributed by atoms with E-state index in [1.54, 1.807) is 61.6 Å². The van der Waals surface area contributed by atoms with Gasteiger partial charge in [0, 0.05) is 205 Å². The lowest BCUT2D eigenvalue weighted by Crippen LogP contribution is -2.75. The topological polar surface area (TPSA) is 400 Å². The van der Waals surface area contributed by atoms with E-state index in [0.717, 1.165) is 64.2 Å². The van der Waals surface area contributed by atoms with E-state index in [2.05, 4.69) is 15.6 Å². The number of hydrogen-bond acceptors (Lipinski definition) is 23. The molecule has 2 aliphatic rings. The number of carbonyl (C=O) groups excluding carboxylic acids is 2. The van der Waals surface area contributed by atoms with Crippen LogP contribution >= 0.6 is 0 Å². The molecule has 30 nitrogen and oxygen atoms in total. The van der Waals surface area contributed by atoms with E-state index < -0.39 is 47.1 Å². The maximum Gasteiger partial charge on any atom is 0.305 e. The zero-order chi connectivity index (χ0) is 78.2. The summed E-state index contributed by atoms with van der Waals surface area (Å²) in [7, 11) is -12.4. The summed E-state index contributed by atoms with van der Waals surface area (Å²) < 4.78 is 178. The molecule has 2 amide bonds. The third-order valence-electron chi connectivity index (χ3n) is 16.4. The first kappa shape index (κ1) is 90.9. The smallest absolute Gasteiger partial charge is 0.305 e. The number of nitrogens with one attached hydrogen (secondary N) is 3. The minimum atomic E-state index is -4.97. The van der Waals surface area contributed by atoms with Crippen molar-refractivity contribution in [1.82, 2.24) is 10.2 Å². The fourth-order valence-electron chi connectivity index (χ4n) is 10.9. The van der Waals surface area contributed by atoms with E-state index in [4.69, 9.17) is 66.4 Å². The second-order valence-corrected chi connectivity index (χ2v) is 29.4. The van der Waals surface area contributed by atoms with Crippen molar-refractivity contribution < 1.29 is 125 Å². The van der Waals surface area contributed by atoms with Crippen molar-refractivity contribution in [3.63, 3.8) is 0 Å². The van der Waals surface area contributed by atoms with E-state index in [9.17, 15) is 53.3 Å². The molecule has 0 bridgehead atoms. The molecule has 109 heavy (non-hydrogen) atoms. The number of nitrogens with zero attached hydrogens (tertiary/aromatic N) is 1. The highest BCUT2D eigenvalue weighted by Crippen LogP contribution is 2.43. The van der Waals surface area contributed by atoms with Gasteiger partial charge in [0.05, 0.1) is 48.7 Å². The molecule has 33 heteroatoms. The molecule has 1 heterocycles. The molecule has 1 aliphatic heterocycles. The number of rotatable bonds is 63. The second-order valence-electron chi connectivity index (χ2n) is 25.2. The van der Waals surface area contributed by atoms with Crippen LogP contribution in [-0.2, 0) is 110 Å². The van der Waals surface area contributed by atoms with Crippen LogP contribution in [0.4, 0.5) is 5.69 Å². The Morgan fingerprint density at radius 1 is 0.459 bits per heavy atom. The van der Waals surface area contributed by atoms with Gasteiger partial charge in [0.2, 0.25) is 11.3 Å². The third kappa shape index (κ3) is 36.8. The van der Waals surface area contributed by atoms with E-state index >= 15 is 0 Å². The van der Waals surface area contributed by atoms with Gasteiger partial charge in [0.15, 0.2) is 11.4 Å². The van der Waals surface area contributed by atoms with Crippen LogP contribution in [0.5, 0.6) is 0 Å². The van der Waals surface area contributed by atoms with Crippen molar-refractivity contribution in [2.45, 2.75) is 111 Å². The number of ether oxygens (including phenoxy) is 12. The Bertz CT molecular complexity index is 4020. The number of anilines is 1. The minimum absolute atomic E-state index is 0.0210. The lowest BCUT2D eigenvalue weighted by Gasteiger charge is -2.22. The van der Waals surface area contributed by atoms with Crippen LogP contribution in [0.2, 0.25) is 0 Å². The molecule has 0 saturated heterocycles. The van der Waals surface area contributed by atoms with Gasteiger partial charge in [0.25, 0.3) is 26.1 Å². The predicted molar refractivity (Wildman–Crippen MR) is 403 cm³/mol. The van der Waals surface area contributed by atoms with E-state index in [1.165, 1.54) is 53.4 Å². The van der Waals surface area contributed by atoms with Crippen molar-refractivity contribution >= 4 is 64.8 Å². The van der Waals surface area contributed by atoms with Crippen LogP contribution in [0.25, 0.3) is 33.4 Å². The van der Waals surface area contributed by atoms with Gasteiger partial charge in [0.1, 0.15) is 11.3 Å². The Balaban J connectivity index is 0.757. The molecule has 0 fully saturated rings. The lowest BCUT2D eigenvalue weighted by atomic mass is 9.90. The van der Waals surface area contributed by atoms with Crippen molar-refractivity contribution in [3.05, 3.63) is 125 Å². The number of hydrogen-bond donors (Lipinski definition) is 7. The van der Waals surface area contributed by atoms with Gasteiger partial charge in [-0.15, -0.1) is 0 Å². The fourth-order valence-corrected chi connectivity index (χ4v) is 12.8. The summed E-state index contributed by atoms with van der Waals surface area (Å²) in [5, 5.41) is 14.9. The van der Waals surface area contributed by atoms with Crippen molar-refractivity contribution in [3.8, 4) is 22.5 Å². The van der Waals surface area contributed by atoms with Crippen molar-refractivity contribution in [1.29, 1.82) is 0 Å². The summed E-state index contributed by atoms with van der Waals surface area (Å²) in [6, 6.07) is 25.3. The molecule has 4 aromatic rings. The molecular weight excluding hydrogens is 1480 g/mol. The molecule has 4 aromatic carbocycles. The van der Waals surface area contributed by atoms with Gasteiger partial charge in [-0.3, -0.25) is 28.0 Å². The Kier molecular flexibility index (Phi) is 43.6. The Hall–Kier alpha value is -6.97. The summed E-state index contributed by atoms with van der Waals surface area (Å²) >= 11 is 0. The standard InChI is InChI=1S/C76H108N4O26S3/c1-80(76(84)65-19-4-3-18-64(65)75-66-27-24-62(78-59-61-17-2-5-20-71(61)108(88,89)90)55-69(66)106-70-57-68(72(56-67(70)75)109(91,92)93)79-58-60-22-25-63(26-23-60)107(85,86)87)30-6-21-73(81)77-29-52-105-54-53-104-50-16-48-102-46-14-44-100-42-12-40-98-38-10-36-96-34-8-32-94-31-7-33-95-35-9-37-97-39-11-41-99-43-13-45-101-47-15-49-103-51-28-74(82)83/h2-5,17-20,22-27,55-57,78H,6-16,21,28-54,58-59H2,1H3,(H,77,81)(H,82,83)(H,85,86,87)(H,88,89,90)(H,91,92,93)/p+1. The van der Waals surface area contributed by atoms with Gasteiger partial charge in [-0.1, -0.05) is 48.5 Å². The Labute approximate surface area is 639 Å². The lowest BCUT2D eigenvalue weighted by molar-refractivity contribution is -0.520. The zero-order valence-corrected chi connectivity index (χ0v) is 64.7. The molecule has 6 rings (SSSR count). The van der Waals surface area contributed by atoms with Crippen LogP contribution in [0, 0.1) is 0 Å². The van der Waals surface area contributed by atoms with Crippen LogP contribution < -0.4 is 21.0 Å². The van der Waals surface area contributed by atoms with Crippen LogP contribution in [-0.4, -0.2) is 245 Å². The molecule has 0 aromatic heterocycles. The van der Waals surface area contributed by atoms with Gasteiger partial charge in [-0.05, 0) is 124 Å². The van der Waals surface area contributed by atoms with Crippen LogP contribution in [0.1, 0.15) is 105 Å². The summed E-state index contributed by atoms with van der Waals surface area (Å²) in [5.41, 5.74) is 2.56. The Morgan fingerprint density at radius 3 is 1.39 bits per heavy atom. The summed E-state index contributed by atoms with van der Waals surface area (Å²) in [6.45, 7) is 14.0. The highest BCUT2D eigenvalue weighted by molar-refractivity contribution is 7.86. The average molecular weight is 1590 g/mol. The molecule has 7 N–H and O–H groups in total. The van der Waals surface area contributed by atoms with Gasteiger partial charge in [-0.2, -0.15) is 25.3 Å². The monoisotopic (exact) mass is 1590 g/mol. The second kappa shape index (κ2) is 52.3. The maximum atomic E-state index is 14.5. The first-order chi connectivity index (χ1) is 52.7. The van der Waals surface area contributed by atoms with E-state index in [0.29, 0.717) is 180 Å². The van der Waals surface area contributed by atoms with E-state index in [1.807, 2.05) is 0 Å². The molecule has 606 valence electrons. The first-order valence-corrected chi connectivity index (χ1v) is 41.2. The molecule has 0 atom stereocenters. The highest BCUT2D eigenvalue weighted by atomic mass is 32.2. The molecular formula is C76H109N4O26S3+. The molecule has 1 aliphatic carbocycles. The molecule has 0 unspecified atom stereocenters. The number of carbonyl (C=O) groups is 3. The van der Waals surface area contributed by atoms with Gasteiger partial charge < -0.3 is 81.9 Å². The fraction of sp³-hybridized carbons (Fsp3) is 0.553. The number of aliphatic carboxylic acids is 1. The maximum absolute atomic E-state index is 14.5. The SMILES string of the molecule is CN(CCCC(=O)NCCOCCOCCCOCCCOCCCOCCCOCCCOCCCOCCCOCCCOCCCOCCCOCCC(=O)O)C(=O)c1ccccc1-c1c2cc(S(=O)(=O)O)c(=[NH+]Cc3ccc(S(=O)(=O)O)cc3)cc-2oc2cc(NCc3ccccc3S(=O)(=O)O)ccc12. The number of amides is 2.